The molecule has 144 valence electrons. The van der Waals surface area contributed by atoms with Crippen molar-refractivity contribution in [3.05, 3.63) is 53.9 Å². The van der Waals surface area contributed by atoms with Crippen LogP contribution in [0.15, 0.2) is 48.9 Å². The first-order chi connectivity index (χ1) is 13.6. The van der Waals surface area contributed by atoms with E-state index in [1.807, 2.05) is 24.3 Å². The molecule has 0 fully saturated rings. The number of carbonyl (C=O) groups excluding carboxylic acids is 1. The Morgan fingerprint density at radius 2 is 2.00 bits per heavy atom. The minimum Gasteiger partial charge on any atom is -0.369 e. The normalized spacial score (nSPS) is 10.4. The molecule has 0 radical (unpaired) electrons. The second-order valence-electron chi connectivity index (χ2n) is 5.93. The maximum atomic E-state index is 10.9. The van der Waals surface area contributed by atoms with Crippen LogP contribution < -0.4 is 16.0 Å². The zero-order chi connectivity index (χ0) is 19.8. The Balaban J connectivity index is 1.72. The molecule has 0 atom stereocenters. The largest absolute Gasteiger partial charge is 0.369 e. The van der Waals surface area contributed by atoms with Gasteiger partial charge in [-0.05, 0) is 36.8 Å². The van der Waals surface area contributed by atoms with Crippen molar-refractivity contribution < 1.29 is 4.79 Å². The van der Waals surface area contributed by atoms with Crippen LogP contribution in [0.25, 0.3) is 11.4 Å². The number of carbonyl (C=O) groups is 1. The summed E-state index contributed by atoms with van der Waals surface area (Å²) in [6.45, 7) is 2.76. The average Bonchev–Trinajstić information content (AvgIpc) is 2.68. The van der Waals surface area contributed by atoms with Crippen LogP contribution >= 0.6 is 11.6 Å². The van der Waals surface area contributed by atoms with Gasteiger partial charge < -0.3 is 16.0 Å². The number of nitrogens with zero attached hydrogens (tertiary/aromatic N) is 4. The van der Waals surface area contributed by atoms with Gasteiger partial charge in [-0.1, -0.05) is 17.7 Å². The molecule has 2 heterocycles. The van der Waals surface area contributed by atoms with Crippen molar-refractivity contribution in [1.29, 1.82) is 0 Å². The third-order valence-electron chi connectivity index (χ3n) is 3.72. The molecule has 0 unspecified atom stereocenters. The summed E-state index contributed by atoms with van der Waals surface area (Å²) in [5.74, 6) is 1.54. The maximum absolute atomic E-state index is 10.9. The Morgan fingerprint density at radius 3 is 2.82 bits per heavy atom. The monoisotopic (exact) mass is 397 g/mol. The van der Waals surface area contributed by atoms with E-state index in [1.165, 1.54) is 13.3 Å². The number of hydrogen-bond acceptors (Lipinski definition) is 7. The van der Waals surface area contributed by atoms with Gasteiger partial charge in [-0.25, -0.2) is 15.0 Å². The molecule has 0 aliphatic heterocycles. The van der Waals surface area contributed by atoms with Crippen molar-refractivity contribution >= 4 is 35.0 Å². The van der Waals surface area contributed by atoms with Gasteiger partial charge in [0.25, 0.3) is 0 Å². The maximum Gasteiger partial charge on any atom is 0.230 e. The predicted octanol–water partition coefficient (Wildman–Crippen LogP) is 3.27. The number of anilines is 3. The minimum atomic E-state index is -0.0385. The molecule has 0 bridgehead atoms. The van der Waals surface area contributed by atoms with E-state index >= 15 is 0 Å². The van der Waals surface area contributed by atoms with Gasteiger partial charge in [0.1, 0.15) is 12.1 Å². The first-order valence-corrected chi connectivity index (χ1v) is 9.15. The molecule has 2 aromatic heterocycles. The van der Waals surface area contributed by atoms with Crippen LogP contribution in [0.2, 0.25) is 5.02 Å². The average molecular weight is 398 g/mol. The van der Waals surface area contributed by atoms with Gasteiger partial charge in [-0.15, -0.1) is 0 Å². The zero-order valence-corrected chi connectivity index (χ0v) is 16.1. The van der Waals surface area contributed by atoms with Crippen LogP contribution in [0.4, 0.5) is 17.5 Å². The van der Waals surface area contributed by atoms with E-state index < -0.39 is 0 Å². The van der Waals surface area contributed by atoms with Crippen molar-refractivity contribution in [2.24, 2.45) is 0 Å². The number of pyridine rings is 1. The van der Waals surface area contributed by atoms with Crippen molar-refractivity contribution in [2.45, 2.75) is 13.3 Å². The molecule has 3 rings (SSSR count). The summed E-state index contributed by atoms with van der Waals surface area (Å²) in [5, 5.41) is 9.76. The molecule has 8 nitrogen and oxygen atoms in total. The molecule has 1 amide bonds. The lowest BCUT2D eigenvalue weighted by Gasteiger charge is -2.11. The van der Waals surface area contributed by atoms with E-state index in [2.05, 4.69) is 35.9 Å². The molecule has 3 aromatic rings. The highest BCUT2D eigenvalue weighted by Crippen LogP contribution is 2.24. The summed E-state index contributed by atoms with van der Waals surface area (Å²) < 4.78 is 0. The summed E-state index contributed by atoms with van der Waals surface area (Å²) in [7, 11) is 0. The van der Waals surface area contributed by atoms with E-state index in [0.717, 1.165) is 17.7 Å². The molecular weight excluding hydrogens is 378 g/mol. The lowest BCUT2D eigenvalue weighted by Crippen LogP contribution is -2.22. The van der Waals surface area contributed by atoms with Gasteiger partial charge in [0.15, 0.2) is 5.82 Å². The smallest absolute Gasteiger partial charge is 0.230 e. The number of amides is 1. The molecular formula is C19H20ClN7O. The summed E-state index contributed by atoms with van der Waals surface area (Å²) in [6.07, 6.45) is 3.92. The van der Waals surface area contributed by atoms with E-state index in [1.54, 1.807) is 18.3 Å². The topological polar surface area (TPSA) is 105 Å². The van der Waals surface area contributed by atoms with Gasteiger partial charge in [0, 0.05) is 36.9 Å². The molecule has 1 aromatic carbocycles. The Hall–Kier alpha value is -3.26. The predicted molar refractivity (Wildman–Crippen MR) is 110 cm³/mol. The van der Waals surface area contributed by atoms with E-state index in [-0.39, 0.29) is 5.91 Å². The van der Waals surface area contributed by atoms with Gasteiger partial charge >= 0.3 is 0 Å². The van der Waals surface area contributed by atoms with Gasteiger partial charge in [0.2, 0.25) is 11.9 Å². The molecule has 28 heavy (non-hydrogen) atoms. The van der Waals surface area contributed by atoms with E-state index in [9.17, 15) is 4.79 Å². The highest BCUT2D eigenvalue weighted by Gasteiger charge is 2.10. The Morgan fingerprint density at radius 1 is 1.11 bits per heavy atom. The standard InChI is InChI=1S/C19H20ClN7O/c1-13(28)21-9-4-10-23-17-16(7-3-8-22-17)18-24-12-25-19(27-18)26-15-6-2-5-14(20)11-15/h2-3,5-8,11-12H,4,9-10H2,1H3,(H,21,28)(H,22,23)(H,24,25,26,27). The third kappa shape index (κ3) is 5.62. The van der Waals surface area contributed by atoms with Gasteiger partial charge in [-0.2, -0.15) is 4.98 Å². The summed E-state index contributed by atoms with van der Waals surface area (Å²) in [4.78, 5) is 28.2. The number of nitrogens with one attached hydrogen (secondary N) is 3. The number of hydrogen-bond donors (Lipinski definition) is 3. The lowest BCUT2D eigenvalue weighted by molar-refractivity contribution is -0.118. The van der Waals surface area contributed by atoms with Crippen molar-refractivity contribution in [1.82, 2.24) is 25.3 Å². The molecule has 0 saturated carbocycles. The highest BCUT2D eigenvalue weighted by atomic mass is 35.5. The highest BCUT2D eigenvalue weighted by molar-refractivity contribution is 6.30. The molecule has 0 saturated heterocycles. The fourth-order valence-electron chi connectivity index (χ4n) is 2.47. The fourth-order valence-corrected chi connectivity index (χ4v) is 2.66. The summed E-state index contributed by atoms with van der Waals surface area (Å²) >= 11 is 6.01. The van der Waals surface area contributed by atoms with Crippen LogP contribution in [0, 0.1) is 0 Å². The van der Waals surface area contributed by atoms with Crippen molar-refractivity contribution in [3.8, 4) is 11.4 Å². The number of aromatic nitrogens is 4. The quantitative estimate of drug-likeness (QED) is 0.501. The first-order valence-electron chi connectivity index (χ1n) is 8.77. The second kappa shape index (κ2) is 9.61. The Kier molecular flexibility index (Phi) is 6.69. The second-order valence-corrected chi connectivity index (χ2v) is 6.37. The van der Waals surface area contributed by atoms with Crippen molar-refractivity contribution in [3.63, 3.8) is 0 Å². The van der Waals surface area contributed by atoms with Crippen LogP contribution in [-0.4, -0.2) is 38.9 Å². The Bertz CT molecular complexity index is 951. The fraction of sp³-hybridized carbons (Fsp3) is 0.211. The molecule has 0 aliphatic carbocycles. The van der Waals surface area contributed by atoms with E-state index in [4.69, 9.17) is 11.6 Å². The lowest BCUT2D eigenvalue weighted by atomic mass is 10.2. The molecule has 3 N–H and O–H groups in total. The number of halogens is 1. The number of rotatable bonds is 8. The van der Waals surface area contributed by atoms with E-state index in [0.29, 0.717) is 35.7 Å². The first kappa shape index (κ1) is 19.5. The number of benzene rings is 1. The molecule has 9 heteroatoms. The Labute approximate surface area is 167 Å². The third-order valence-corrected chi connectivity index (χ3v) is 3.96. The zero-order valence-electron chi connectivity index (χ0n) is 15.3. The van der Waals surface area contributed by atoms with Crippen molar-refractivity contribution in [2.75, 3.05) is 23.7 Å². The summed E-state index contributed by atoms with van der Waals surface area (Å²) in [6, 6.07) is 11.0. The summed E-state index contributed by atoms with van der Waals surface area (Å²) in [5.41, 5.74) is 1.55. The van der Waals surface area contributed by atoms with Crippen LogP contribution in [0.5, 0.6) is 0 Å². The SMILES string of the molecule is CC(=O)NCCCNc1ncccc1-c1ncnc(Nc2cccc(Cl)c2)n1. The van der Waals surface area contributed by atoms with Crippen LogP contribution in [-0.2, 0) is 4.79 Å². The van der Waals surface area contributed by atoms with Crippen LogP contribution in [0.1, 0.15) is 13.3 Å². The minimum absolute atomic E-state index is 0.0385. The van der Waals surface area contributed by atoms with Crippen LogP contribution in [0.3, 0.4) is 0 Å². The van der Waals surface area contributed by atoms with Gasteiger partial charge in [-0.3, -0.25) is 4.79 Å². The molecule has 0 aliphatic rings. The van der Waals surface area contributed by atoms with Gasteiger partial charge in [0.05, 0.1) is 5.56 Å². The molecule has 0 spiro atoms.